The first-order valence-corrected chi connectivity index (χ1v) is 12.0. The van der Waals surface area contributed by atoms with E-state index in [1.807, 2.05) is 6.07 Å². The van der Waals surface area contributed by atoms with Gasteiger partial charge in [-0.2, -0.15) is 0 Å². The van der Waals surface area contributed by atoms with Crippen molar-refractivity contribution in [3.63, 3.8) is 0 Å². The highest BCUT2D eigenvalue weighted by molar-refractivity contribution is 5.66. The van der Waals surface area contributed by atoms with Gasteiger partial charge in [-0.25, -0.2) is 17.6 Å². The van der Waals surface area contributed by atoms with Crippen LogP contribution >= 0.6 is 0 Å². The van der Waals surface area contributed by atoms with E-state index in [1.165, 1.54) is 17.7 Å². The number of hydrogen-bond acceptors (Lipinski definition) is 1. The average Bonchev–Trinajstić information content (AvgIpc) is 2.82. The maximum atomic E-state index is 15.0. The van der Waals surface area contributed by atoms with Gasteiger partial charge in [0.1, 0.15) is 11.6 Å². The molecule has 0 N–H and O–H groups in total. The van der Waals surface area contributed by atoms with Crippen LogP contribution < -0.4 is 4.74 Å². The van der Waals surface area contributed by atoms with Crippen molar-refractivity contribution in [2.75, 3.05) is 6.61 Å². The van der Waals surface area contributed by atoms with Gasteiger partial charge in [-0.3, -0.25) is 0 Å². The van der Waals surface area contributed by atoms with Crippen molar-refractivity contribution in [1.82, 2.24) is 0 Å². The van der Waals surface area contributed by atoms with E-state index >= 15 is 0 Å². The largest absolute Gasteiger partial charge is 0.488 e. The molecule has 0 unspecified atom stereocenters. The molecule has 1 fully saturated rings. The Morgan fingerprint density at radius 3 is 1.97 bits per heavy atom. The fourth-order valence-corrected chi connectivity index (χ4v) is 5.24. The summed E-state index contributed by atoms with van der Waals surface area (Å²) < 4.78 is 63.4. The Morgan fingerprint density at radius 2 is 1.41 bits per heavy atom. The Balaban J connectivity index is 1.46. The highest BCUT2D eigenvalue weighted by Crippen LogP contribution is 2.41. The van der Waals surface area contributed by atoms with Gasteiger partial charge in [0.15, 0.2) is 17.4 Å². The molecular formula is C29H30F4O. The molecule has 34 heavy (non-hydrogen) atoms. The van der Waals surface area contributed by atoms with Crippen LogP contribution in [0.15, 0.2) is 54.6 Å². The number of benzene rings is 3. The summed E-state index contributed by atoms with van der Waals surface area (Å²) in [5.74, 6) is -2.97. The van der Waals surface area contributed by atoms with E-state index in [4.69, 9.17) is 4.74 Å². The Kier molecular flexibility index (Phi) is 7.60. The van der Waals surface area contributed by atoms with E-state index in [0.29, 0.717) is 17.4 Å². The monoisotopic (exact) mass is 470 g/mol. The van der Waals surface area contributed by atoms with Gasteiger partial charge in [-0.15, -0.1) is 0 Å². The molecule has 5 heteroatoms. The molecule has 0 amide bonds. The van der Waals surface area contributed by atoms with Gasteiger partial charge in [0, 0.05) is 0 Å². The lowest BCUT2D eigenvalue weighted by Gasteiger charge is -2.30. The molecule has 180 valence electrons. The molecule has 4 rings (SSSR count). The van der Waals surface area contributed by atoms with Crippen molar-refractivity contribution in [1.29, 1.82) is 0 Å². The van der Waals surface area contributed by atoms with Gasteiger partial charge in [0.05, 0.1) is 12.2 Å². The summed E-state index contributed by atoms with van der Waals surface area (Å²) in [5.41, 5.74) is 1.35. The third-order valence-electron chi connectivity index (χ3n) is 7.01. The smallest absolute Gasteiger partial charge is 0.190 e. The second kappa shape index (κ2) is 10.6. The molecular weight excluding hydrogens is 440 g/mol. The van der Waals surface area contributed by atoms with E-state index in [-0.39, 0.29) is 18.1 Å². The zero-order valence-electron chi connectivity index (χ0n) is 19.6. The van der Waals surface area contributed by atoms with Crippen LogP contribution in [-0.2, 0) is 0 Å². The van der Waals surface area contributed by atoms with E-state index in [2.05, 4.69) is 31.2 Å². The van der Waals surface area contributed by atoms with Gasteiger partial charge < -0.3 is 4.74 Å². The third kappa shape index (κ3) is 5.29. The van der Waals surface area contributed by atoms with Gasteiger partial charge in [0.25, 0.3) is 0 Å². The molecule has 1 nitrogen and oxygen atoms in total. The third-order valence-corrected chi connectivity index (χ3v) is 7.01. The first-order chi connectivity index (χ1) is 16.4. The number of ether oxygens (including phenoxy) is 1. The van der Waals surface area contributed by atoms with E-state index < -0.39 is 34.6 Å². The van der Waals surface area contributed by atoms with Crippen LogP contribution in [0.2, 0.25) is 0 Å². The minimum Gasteiger partial charge on any atom is -0.488 e. The van der Waals surface area contributed by atoms with E-state index in [1.54, 1.807) is 6.92 Å². The Labute approximate surface area is 198 Å². The number of rotatable bonds is 7. The zero-order chi connectivity index (χ0) is 24.2. The lowest BCUT2D eigenvalue weighted by molar-refractivity contribution is 0.296. The van der Waals surface area contributed by atoms with Crippen molar-refractivity contribution in [2.45, 2.75) is 57.8 Å². The van der Waals surface area contributed by atoms with Crippen molar-refractivity contribution in [3.05, 3.63) is 89.0 Å². The Morgan fingerprint density at radius 1 is 0.824 bits per heavy atom. The molecule has 0 saturated heterocycles. The predicted octanol–water partition coefficient (Wildman–Crippen LogP) is 8.78. The lowest BCUT2D eigenvalue weighted by atomic mass is 9.75. The maximum absolute atomic E-state index is 15.0. The van der Waals surface area contributed by atoms with Crippen LogP contribution in [0.3, 0.4) is 0 Å². The molecule has 1 aliphatic carbocycles. The zero-order valence-corrected chi connectivity index (χ0v) is 19.6. The molecule has 0 heterocycles. The van der Waals surface area contributed by atoms with Crippen molar-refractivity contribution in [3.8, 4) is 16.9 Å². The van der Waals surface area contributed by atoms with Gasteiger partial charge in [-0.1, -0.05) is 37.3 Å². The summed E-state index contributed by atoms with van der Waals surface area (Å²) in [4.78, 5) is 0. The normalized spacial score (nSPS) is 19.1. The van der Waals surface area contributed by atoms with E-state index in [0.717, 1.165) is 44.2 Å². The summed E-state index contributed by atoms with van der Waals surface area (Å²) in [6.07, 6.45) is 4.88. The molecule has 0 aromatic heterocycles. The fourth-order valence-electron chi connectivity index (χ4n) is 5.24. The molecule has 0 radical (unpaired) electrons. The van der Waals surface area contributed by atoms with E-state index in [9.17, 15) is 17.6 Å². The summed E-state index contributed by atoms with van der Waals surface area (Å²) in [6.45, 7) is 3.93. The summed E-state index contributed by atoms with van der Waals surface area (Å²) >= 11 is 0. The maximum Gasteiger partial charge on any atom is 0.190 e. The highest BCUT2D eigenvalue weighted by atomic mass is 19.1. The summed E-state index contributed by atoms with van der Waals surface area (Å²) in [5, 5.41) is 0. The predicted molar refractivity (Wildman–Crippen MR) is 127 cm³/mol. The fraction of sp³-hybridized carbons (Fsp3) is 0.379. The highest BCUT2D eigenvalue weighted by Gasteiger charge is 2.26. The Bertz CT molecular complexity index is 1070. The van der Waals surface area contributed by atoms with Crippen LogP contribution in [-0.4, -0.2) is 6.61 Å². The van der Waals surface area contributed by atoms with Gasteiger partial charge in [0.2, 0.25) is 0 Å². The second-order valence-electron chi connectivity index (χ2n) is 9.33. The SMILES string of the molecule is CCOc1c(F)cc(-c2c(F)cc(C3CCC(C[C@@H](C)c4ccccc4)CC3)cc2F)cc1F. The lowest BCUT2D eigenvalue weighted by Crippen LogP contribution is -2.15. The first-order valence-electron chi connectivity index (χ1n) is 12.0. The Hall–Kier alpha value is -2.82. The molecule has 1 atom stereocenters. The summed E-state index contributed by atoms with van der Waals surface area (Å²) in [6, 6.07) is 14.9. The summed E-state index contributed by atoms with van der Waals surface area (Å²) in [7, 11) is 0. The van der Waals surface area contributed by atoms with Crippen LogP contribution in [0.4, 0.5) is 17.6 Å². The van der Waals surface area contributed by atoms with Crippen molar-refractivity contribution < 1.29 is 22.3 Å². The minimum absolute atomic E-state index is 0.0788. The number of hydrogen-bond donors (Lipinski definition) is 0. The number of halogens is 4. The van der Waals surface area contributed by atoms with Crippen LogP contribution in [0.1, 0.15) is 68.9 Å². The molecule has 1 aliphatic rings. The average molecular weight is 471 g/mol. The molecule has 0 aliphatic heterocycles. The minimum atomic E-state index is -0.984. The van der Waals surface area contributed by atoms with Crippen LogP contribution in [0, 0.1) is 29.2 Å². The standard InChI is InChI=1S/C29H30F4O/c1-3-34-29-26(32)16-23(17-27(29)33)28-24(30)14-22(15-25(28)31)21-11-9-19(10-12-21)13-18(2)20-7-5-4-6-8-20/h4-8,14-19,21H,3,9-13H2,1-2H3/t18-,19?,21?/m1/s1. The quantitative estimate of drug-likeness (QED) is 0.314. The molecule has 1 saturated carbocycles. The van der Waals surface area contributed by atoms with Crippen molar-refractivity contribution in [2.24, 2.45) is 5.92 Å². The first kappa shape index (κ1) is 24.3. The molecule has 0 spiro atoms. The molecule has 3 aromatic carbocycles. The van der Waals surface area contributed by atoms with Gasteiger partial charge in [-0.05, 0) is 97.7 Å². The van der Waals surface area contributed by atoms with Crippen molar-refractivity contribution >= 4 is 0 Å². The molecule has 0 bridgehead atoms. The van der Waals surface area contributed by atoms with Gasteiger partial charge >= 0.3 is 0 Å². The van der Waals surface area contributed by atoms with Crippen LogP contribution in [0.25, 0.3) is 11.1 Å². The second-order valence-corrected chi connectivity index (χ2v) is 9.33. The topological polar surface area (TPSA) is 9.23 Å². The van der Waals surface area contributed by atoms with Crippen LogP contribution in [0.5, 0.6) is 5.75 Å². The molecule has 3 aromatic rings.